The molecule has 104 valence electrons. The SMILES string of the molecule is NC(=NC[C@@H]1CCCO1)SCc1ccc(Cl)cc1Cl. The fourth-order valence-electron chi connectivity index (χ4n) is 1.82. The minimum Gasteiger partial charge on any atom is -0.379 e. The lowest BCUT2D eigenvalue weighted by molar-refractivity contribution is 0.118. The molecule has 1 aromatic rings. The van der Waals surface area contributed by atoms with E-state index < -0.39 is 0 Å². The van der Waals surface area contributed by atoms with Crippen LogP contribution in [0.1, 0.15) is 18.4 Å². The van der Waals surface area contributed by atoms with Gasteiger partial charge in [0.15, 0.2) is 5.17 Å². The maximum atomic E-state index is 6.10. The van der Waals surface area contributed by atoms with Crippen molar-refractivity contribution in [1.82, 2.24) is 0 Å². The van der Waals surface area contributed by atoms with Crippen LogP contribution in [0, 0.1) is 0 Å². The molecule has 0 aliphatic carbocycles. The molecule has 2 N–H and O–H groups in total. The third-order valence-corrected chi connectivity index (χ3v) is 4.33. The number of hydrogen-bond acceptors (Lipinski definition) is 3. The lowest BCUT2D eigenvalue weighted by atomic mass is 10.2. The number of thioether (sulfide) groups is 1. The summed E-state index contributed by atoms with van der Waals surface area (Å²) in [5, 5.41) is 1.87. The number of benzene rings is 1. The first-order valence-corrected chi connectivity index (χ1v) is 7.87. The van der Waals surface area contributed by atoms with Gasteiger partial charge in [-0.15, -0.1) is 0 Å². The molecule has 1 aliphatic heterocycles. The molecule has 0 bridgehead atoms. The van der Waals surface area contributed by atoms with Gasteiger partial charge in [-0.25, -0.2) is 0 Å². The van der Waals surface area contributed by atoms with Gasteiger partial charge in [0, 0.05) is 22.4 Å². The Morgan fingerprint density at radius 1 is 1.47 bits per heavy atom. The molecule has 0 radical (unpaired) electrons. The zero-order chi connectivity index (χ0) is 13.7. The van der Waals surface area contributed by atoms with Gasteiger partial charge >= 0.3 is 0 Å². The summed E-state index contributed by atoms with van der Waals surface area (Å²) in [6, 6.07) is 5.47. The second-order valence-corrected chi connectivity index (χ2v) is 6.18. The molecule has 1 saturated heterocycles. The molecule has 6 heteroatoms. The molecule has 0 unspecified atom stereocenters. The van der Waals surface area contributed by atoms with E-state index in [1.165, 1.54) is 11.8 Å². The Morgan fingerprint density at radius 3 is 3.00 bits per heavy atom. The van der Waals surface area contributed by atoms with Gasteiger partial charge in [-0.05, 0) is 30.5 Å². The van der Waals surface area contributed by atoms with E-state index in [1.807, 2.05) is 12.1 Å². The fraction of sp³-hybridized carbons (Fsp3) is 0.462. The van der Waals surface area contributed by atoms with Crippen LogP contribution in [-0.2, 0) is 10.5 Å². The summed E-state index contributed by atoms with van der Waals surface area (Å²) in [7, 11) is 0. The van der Waals surface area contributed by atoms with Crippen molar-refractivity contribution in [3.8, 4) is 0 Å². The van der Waals surface area contributed by atoms with Gasteiger partial charge in [-0.1, -0.05) is 41.0 Å². The number of hydrogen-bond donors (Lipinski definition) is 1. The maximum absolute atomic E-state index is 6.10. The molecule has 3 nitrogen and oxygen atoms in total. The third-order valence-electron chi connectivity index (χ3n) is 2.87. The van der Waals surface area contributed by atoms with Crippen LogP contribution in [0.3, 0.4) is 0 Å². The Hall–Kier alpha value is -0.420. The zero-order valence-corrected chi connectivity index (χ0v) is 12.8. The minimum atomic E-state index is 0.235. The van der Waals surface area contributed by atoms with Crippen LogP contribution in [0.4, 0.5) is 0 Å². The van der Waals surface area contributed by atoms with E-state index in [2.05, 4.69) is 4.99 Å². The molecule has 1 heterocycles. The first kappa shape index (κ1) is 15.0. The van der Waals surface area contributed by atoms with Crippen molar-refractivity contribution in [3.05, 3.63) is 33.8 Å². The summed E-state index contributed by atoms with van der Waals surface area (Å²) < 4.78 is 5.49. The zero-order valence-electron chi connectivity index (χ0n) is 10.4. The summed E-state index contributed by atoms with van der Waals surface area (Å²) >= 11 is 13.4. The molecular formula is C13H16Cl2N2OS. The van der Waals surface area contributed by atoms with Crippen LogP contribution < -0.4 is 5.73 Å². The second-order valence-electron chi connectivity index (χ2n) is 4.34. The monoisotopic (exact) mass is 318 g/mol. The lowest BCUT2D eigenvalue weighted by Crippen LogP contribution is -2.14. The van der Waals surface area contributed by atoms with E-state index in [1.54, 1.807) is 6.07 Å². The quantitative estimate of drug-likeness (QED) is 0.680. The lowest BCUT2D eigenvalue weighted by Gasteiger charge is -2.07. The maximum Gasteiger partial charge on any atom is 0.154 e. The molecule has 1 fully saturated rings. The molecule has 0 amide bonds. The van der Waals surface area contributed by atoms with Crippen molar-refractivity contribution in [2.75, 3.05) is 13.2 Å². The van der Waals surface area contributed by atoms with Crippen molar-refractivity contribution in [1.29, 1.82) is 0 Å². The topological polar surface area (TPSA) is 47.6 Å². The van der Waals surface area contributed by atoms with Crippen LogP contribution in [0.15, 0.2) is 23.2 Å². The fourth-order valence-corrected chi connectivity index (χ4v) is 3.09. The summed E-state index contributed by atoms with van der Waals surface area (Å²) in [6.07, 6.45) is 2.43. The number of amidine groups is 1. The van der Waals surface area contributed by atoms with Crippen LogP contribution in [0.2, 0.25) is 10.0 Å². The van der Waals surface area contributed by atoms with E-state index in [0.29, 0.717) is 27.5 Å². The van der Waals surface area contributed by atoms with Crippen molar-refractivity contribution in [2.45, 2.75) is 24.7 Å². The molecule has 0 saturated carbocycles. The van der Waals surface area contributed by atoms with E-state index in [-0.39, 0.29) is 6.10 Å². The van der Waals surface area contributed by atoms with E-state index >= 15 is 0 Å². The molecule has 1 atom stereocenters. The Labute approximate surface area is 127 Å². The van der Waals surface area contributed by atoms with E-state index in [9.17, 15) is 0 Å². The molecule has 19 heavy (non-hydrogen) atoms. The highest BCUT2D eigenvalue weighted by atomic mass is 35.5. The Balaban J connectivity index is 1.81. The number of halogens is 2. The summed E-state index contributed by atoms with van der Waals surface area (Å²) in [4.78, 5) is 4.33. The van der Waals surface area contributed by atoms with E-state index in [0.717, 1.165) is 25.0 Å². The van der Waals surface area contributed by atoms with Gasteiger partial charge in [0.1, 0.15) is 0 Å². The first-order valence-electron chi connectivity index (χ1n) is 6.13. The van der Waals surface area contributed by atoms with Crippen LogP contribution in [0.5, 0.6) is 0 Å². The number of nitrogens with zero attached hydrogens (tertiary/aromatic N) is 1. The minimum absolute atomic E-state index is 0.235. The van der Waals surface area contributed by atoms with Gasteiger partial charge in [-0.3, -0.25) is 4.99 Å². The van der Waals surface area contributed by atoms with Crippen molar-refractivity contribution >= 4 is 40.1 Å². The smallest absolute Gasteiger partial charge is 0.154 e. The Morgan fingerprint density at radius 2 is 2.32 bits per heavy atom. The van der Waals surface area contributed by atoms with Crippen LogP contribution in [0.25, 0.3) is 0 Å². The molecule has 0 spiro atoms. The normalized spacial score (nSPS) is 19.9. The Kier molecular flexibility index (Phi) is 5.82. The molecule has 1 aliphatic rings. The summed E-state index contributed by atoms with van der Waals surface area (Å²) in [5.74, 6) is 0.691. The van der Waals surface area contributed by atoms with Crippen molar-refractivity contribution in [2.24, 2.45) is 10.7 Å². The third kappa shape index (κ3) is 4.88. The van der Waals surface area contributed by atoms with Gasteiger partial charge < -0.3 is 10.5 Å². The first-order chi connectivity index (χ1) is 9.15. The van der Waals surface area contributed by atoms with E-state index in [4.69, 9.17) is 33.7 Å². The summed E-state index contributed by atoms with van der Waals surface area (Å²) in [5.41, 5.74) is 6.87. The van der Waals surface area contributed by atoms with Gasteiger partial charge in [-0.2, -0.15) is 0 Å². The molecule has 2 rings (SSSR count). The van der Waals surface area contributed by atoms with Crippen LogP contribution in [-0.4, -0.2) is 24.4 Å². The van der Waals surface area contributed by atoms with Crippen molar-refractivity contribution in [3.63, 3.8) is 0 Å². The second kappa shape index (κ2) is 7.39. The molecule has 1 aromatic carbocycles. The highest BCUT2D eigenvalue weighted by Crippen LogP contribution is 2.24. The number of nitrogens with two attached hydrogens (primary N) is 1. The standard InChI is InChI=1S/C13H16Cl2N2OS/c14-10-4-3-9(12(15)6-10)8-19-13(16)17-7-11-2-1-5-18-11/h3-4,6,11H,1-2,5,7-8H2,(H2,16,17)/t11-/m0/s1. The number of ether oxygens (including phenoxy) is 1. The van der Waals surface area contributed by atoms with Gasteiger partial charge in [0.05, 0.1) is 12.6 Å². The average Bonchev–Trinajstić information content (AvgIpc) is 2.88. The predicted molar refractivity (Wildman–Crippen MR) is 83.2 cm³/mol. The van der Waals surface area contributed by atoms with Gasteiger partial charge in [0.2, 0.25) is 0 Å². The average molecular weight is 319 g/mol. The molecular weight excluding hydrogens is 303 g/mol. The van der Waals surface area contributed by atoms with Gasteiger partial charge in [0.25, 0.3) is 0 Å². The molecule has 0 aromatic heterocycles. The summed E-state index contributed by atoms with van der Waals surface area (Å²) in [6.45, 7) is 1.49. The number of rotatable bonds is 4. The largest absolute Gasteiger partial charge is 0.379 e. The van der Waals surface area contributed by atoms with Crippen molar-refractivity contribution < 1.29 is 4.74 Å². The van der Waals surface area contributed by atoms with Crippen LogP contribution >= 0.6 is 35.0 Å². The highest BCUT2D eigenvalue weighted by molar-refractivity contribution is 8.13. The predicted octanol–water partition coefficient (Wildman–Crippen LogP) is 3.72. The number of aliphatic imine (C=N–C) groups is 1. The highest BCUT2D eigenvalue weighted by Gasteiger charge is 2.14. The Bertz CT molecular complexity index is 462.